The van der Waals surface area contributed by atoms with Crippen LogP contribution in [0.3, 0.4) is 0 Å². The number of ether oxygens (including phenoxy) is 3. The third-order valence-corrected chi connectivity index (χ3v) is 6.23. The van der Waals surface area contributed by atoms with E-state index in [0.29, 0.717) is 28.1 Å². The number of carboxylic acids is 2. The second-order valence-corrected chi connectivity index (χ2v) is 8.55. The Kier molecular flexibility index (Phi) is 7.97. The highest BCUT2D eigenvalue weighted by Crippen LogP contribution is 2.32. The Balaban J connectivity index is 1.90. The number of rotatable bonds is 11. The molecule has 0 aliphatic rings. The smallest absolute Gasteiger partial charge is 0.341 e. The molecular weight excluding hydrogens is 512 g/mol. The summed E-state index contributed by atoms with van der Waals surface area (Å²) in [6.45, 7) is -0.634. The molecule has 10 nitrogen and oxygen atoms in total. The van der Waals surface area contributed by atoms with Gasteiger partial charge in [-0.3, -0.25) is 4.79 Å². The minimum Gasteiger partial charge on any atom is -0.497 e. The minimum atomic E-state index is -1.31. The lowest BCUT2D eigenvalue weighted by molar-refractivity contribution is -0.139. The van der Waals surface area contributed by atoms with E-state index in [4.69, 9.17) is 19.3 Å². The second-order valence-electron chi connectivity index (χ2n) is 8.02. The number of benzene rings is 3. The Labute approximate surface area is 221 Å². The molecule has 1 aromatic heterocycles. The van der Waals surface area contributed by atoms with E-state index in [1.54, 1.807) is 54.6 Å². The molecule has 1 heterocycles. The third-order valence-electron chi connectivity index (χ3n) is 5.68. The predicted octanol–water partition coefficient (Wildman–Crippen LogP) is 4.14. The third kappa shape index (κ3) is 5.79. The van der Waals surface area contributed by atoms with Gasteiger partial charge in [-0.25, -0.2) is 9.59 Å². The Morgan fingerprint density at radius 3 is 2.13 bits per heavy atom. The number of allylic oxidation sites excluding steroid dienone is 1. The lowest BCUT2D eigenvalue weighted by Crippen LogP contribution is -2.15. The Morgan fingerprint density at radius 2 is 1.47 bits per heavy atom. The van der Waals surface area contributed by atoms with Crippen LogP contribution in [0, 0.1) is 0 Å². The SMILES string of the molecule is COc1ccc(C(=O)C(Cc2ccc(OC)cc2OCC(=O)O)=C(C(=O)O)c2ccc3nsnc3c2)cc1. The van der Waals surface area contributed by atoms with Gasteiger partial charge in [-0.15, -0.1) is 0 Å². The highest BCUT2D eigenvalue weighted by Gasteiger charge is 2.26. The number of hydrogen-bond donors (Lipinski definition) is 2. The number of ketones is 1. The van der Waals surface area contributed by atoms with Crippen LogP contribution in [0.1, 0.15) is 21.5 Å². The summed E-state index contributed by atoms with van der Waals surface area (Å²) in [5.41, 5.74) is 1.77. The van der Waals surface area contributed by atoms with Crippen LogP contribution in [0.5, 0.6) is 17.2 Å². The molecule has 2 N–H and O–H groups in total. The first-order valence-corrected chi connectivity index (χ1v) is 11.9. The molecular formula is C27H22N2O8S. The minimum absolute atomic E-state index is 0.0319. The largest absolute Gasteiger partial charge is 0.497 e. The number of fused-ring (bicyclic) bond motifs is 1. The van der Waals surface area contributed by atoms with Gasteiger partial charge in [0.2, 0.25) is 0 Å². The second kappa shape index (κ2) is 11.5. The lowest BCUT2D eigenvalue weighted by Gasteiger charge is -2.16. The molecule has 0 fully saturated rings. The van der Waals surface area contributed by atoms with Gasteiger partial charge in [0.1, 0.15) is 28.3 Å². The number of nitrogens with zero attached hydrogens (tertiary/aromatic N) is 2. The van der Waals surface area contributed by atoms with E-state index < -0.39 is 24.3 Å². The zero-order valence-corrected chi connectivity index (χ0v) is 21.2. The van der Waals surface area contributed by atoms with E-state index in [1.165, 1.54) is 20.3 Å². The molecule has 0 spiro atoms. The van der Waals surface area contributed by atoms with E-state index in [2.05, 4.69) is 8.75 Å². The number of hydrogen-bond acceptors (Lipinski definition) is 9. The number of Topliss-reactive ketones (excluding diaryl/α,β-unsaturated/α-hetero) is 1. The van der Waals surface area contributed by atoms with Crippen molar-refractivity contribution in [2.45, 2.75) is 6.42 Å². The molecule has 0 aliphatic heterocycles. The quantitative estimate of drug-likeness (QED) is 0.213. The van der Waals surface area contributed by atoms with Crippen molar-refractivity contribution >= 4 is 46.1 Å². The first-order chi connectivity index (χ1) is 18.3. The fourth-order valence-corrected chi connectivity index (χ4v) is 4.35. The summed E-state index contributed by atoms with van der Waals surface area (Å²) in [5.74, 6) is -1.95. The van der Waals surface area contributed by atoms with Crippen LogP contribution >= 0.6 is 11.7 Å². The summed E-state index contributed by atoms with van der Waals surface area (Å²) in [6.07, 6.45) is -0.168. The molecule has 0 atom stereocenters. The summed E-state index contributed by atoms with van der Waals surface area (Å²) in [4.78, 5) is 37.6. The number of carboxylic acid groups (broad SMARTS) is 2. The molecule has 0 unspecified atom stereocenters. The molecule has 3 aromatic carbocycles. The van der Waals surface area contributed by atoms with Crippen LogP contribution in [0.25, 0.3) is 16.6 Å². The van der Waals surface area contributed by atoms with Gasteiger partial charge in [0.15, 0.2) is 12.4 Å². The van der Waals surface area contributed by atoms with Gasteiger partial charge in [0.25, 0.3) is 0 Å². The molecule has 0 amide bonds. The summed E-state index contributed by atoms with van der Waals surface area (Å²) >= 11 is 0.994. The maximum atomic E-state index is 13.8. The molecule has 194 valence electrons. The Bertz CT molecular complexity index is 1540. The summed E-state index contributed by atoms with van der Waals surface area (Å²) < 4.78 is 24.2. The Morgan fingerprint density at radius 1 is 0.816 bits per heavy atom. The summed E-state index contributed by atoms with van der Waals surface area (Å²) in [6, 6.07) is 15.8. The highest BCUT2D eigenvalue weighted by molar-refractivity contribution is 7.00. The molecule has 0 saturated carbocycles. The average molecular weight is 535 g/mol. The van der Waals surface area contributed by atoms with Gasteiger partial charge >= 0.3 is 11.9 Å². The van der Waals surface area contributed by atoms with Crippen molar-refractivity contribution in [2.75, 3.05) is 20.8 Å². The van der Waals surface area contributed by atoms with Crippen molar-refractivity contribution in [3.8, 4) is 17.2 Å². The molecule has 11 heteroatoms. The summed E-state index contributed by atoms with van der Waals surface area (Å²) in [7, 11) is 2.94. The van der Waals surface area contributed by atoms with Crippen LogP contribution in [0.4, 0.5) is 0 Å². The van der Waals surface area contributed by atoms with Gasteiger partial charge in [-0.1, -0.05) is 12.1 Å². The van der Waals surface area contributed by atoms with Gasteiger partial charge in [0.05, 0.1) is 31.5 Å². The zero-order valence-electron chi connectivity index (χ0n) is 20.3. The number of aromatic nitrogens is 2. The predicted molar refractivity (Wildman–Crippen MR) is 139 cm³/mol. The number of carbonyl (C=O) groups is 3. The van der Waals surface area contributed by atoms with E-state index in [0.717, 1.165) is 11.7 Å². The monoisotopic (exact) mass is 534 g/mol. The van der Waals surface area contributed by atoms with Crippen LogP contribution < -0.4 is 14.2 Å². The molecule has 4 aromatic rings. The van der Waals surface area contributed by atoms with E-state index in [9.17, 15) is 19.5 Å². The van der Waals surface area contributed by atoms with Crippen LogP contribution in [0.15, 0.2) is 66.2 Å². The summed E-state index contributed by atoms with van der Waals surface area (Å²) in [5, 5.41) is 19.4. The maximum absolute atomic E-state index is 13.8. The van der Waals surface area contributed by atoms with E-state index >= 15 is 0 Å². The van der Waals surface area contributed by atoms with Gasteiger partial charge < -0.3 is 24.4 Å². The van der Waals surface area contributed by atoms with Crippen LogP contribution in [-0.2, 0) is 16.0 Å². The standard InChI is InChI=1S/C27H22N2O8S/c1-35-18-7-3-15(4-8-18)26(32)20(11-16-5-9-19(36-2)13-23(16)37-14-24(30)31)25(27(33)34)17-6-10-21-22(12-17)29-38-28-21/h3-10,12-13H,11,14H2,1-2H3,(H,30,31)(H,33,34). The number of aliphatic carboxylic acids is 2. The molecule has 4 rings (SSSR count). The first-order valence-electron chi connectivity index (χ1n) is 11.2. The van der Waals surface area contributed by atoms with Crippen LogP contribution in [0.2, 0.25) is 0 Å². The molecule has 0 saturated heterocycles. The normalized spacial score (nSPS) is 11.5. The Hall–Kier alpha value is -4.77. The molecule has 0 aliphatic carbocycles. The lowest BCUT2D eigenvalue weighted by atomic mass is 9.89. The van der Waals surface area contributed by atoms with Gasteiger partial charge in [-0.2, -0.15) is 8.75 Å². The molecule has 38 heavy (non-hydrogen) atoms. The van der Waals surface area contributed by atoms with Crippen molar-refractivity contribution in [3.63, 3.8) is 0 Å². The number of carbonyl (C=O) groups excluding carboxylic acids is 1. The fourth-order valence-electron chi connectivity index (χ4n) is 3.84. The topological polar surface area (TPSA) is 145 Å². The van der Waals surface area contributed by atoms with Crippen molar-refractivity contribution in [2.24, 2.45) is 0 Å². The fraction of sp³-hybridized carbons (Fsp3) is 0.148. The highest BCUT2D eigenvalue weighted by atomic mass is 32.1. The molecule has 0 radical (unpaired) electrons. The van der Waals surface area contributed by atoms with Gasteiger partial charge in [0, 0.05) is 23.6 Å². The van der Waals surface area contributed by atoms with Crippen LogP contribution in [-0.4, -0.2) is 57.5 Å². The van der Waals surface area contributed by atoms with E-state index in [1.807, 2.05) is 0 Å². The maximum Gasteiger partial charge on any atom is 0.341 e. The molecule has 0 bridgehead atoms. The average Bonchev–Trinajstić information content (AvgIpc) is 3.39. The van der Waals surface area contributed by atoms with Gasteiger partial charge in [-0.05, 0) is 53.6 Å². The van der Waals surface area contributed by atoms with Crippen molar-refractivity contribution in [1.82, 2.24) is 8.75 Å². The first kappa shape index (κ1) is 26.3. The van der Waals surface area contributed by atoms with Crippen molar-refractivity contribution in [1.29, 1.82) is 0 Å². The van der Waals surface area contributed by atoms with E-state index in [-0.39, 0.29) is 34.4 Å². The zero-order chi connectivity index (χ0) is 27.2. The number of methoxy groups -OCH3 is 2. The van der Waals surface area contributed by atoms with Crippen molar-refractivity contribution < 1.29 is 38.8 Å². The van der Waals surface area contributed by atoms with Crippen molar-refractivity contribution in [3.05, 3.63) is 82.9 Å².